The third kappa shape index (κ3) is 6.85. The zero-order chi connectivity index (χ0) is 33.5. The van der Waals surface area contributed by atoms with Crippen LogP contribution in [0.2, 0.25) is 5.02 Å². The second-order valence-corrected chi connectivity index (χ2v) is 14.3. The Morgan fingerprint density at radius 1 is 0.936 bits per heavy atom. The van der Waals surface area contributed by atoms with E-state index in [1.54, 1.807) is 36.4 Å². The van der Waals surface area contributed by atoms with Crippen molar-refractivity contribution in [3.63, 3.8) is 0 Å². The van der Waals surface area contributed by atoms with Crippen molar-refractivity contribution in [1.29, 1.82) is 0 Å². The number of rotatable bonds is 8. The summed E-state index contributed by atoms with van der Waals surface area (Å²) in [5.74, 6) is -6.97. The fourth-order valence-electron chi connectivity index (χ4n) is 6.59. The molecule has 1 saturated heterocycles. The first-order valence-corrected chi connectivity index (χ1v) is 17.4. The molecule has 4 aromatic rings. The molecule has 2 fully saturated rings. The molecule has 0 aromatic heterocycles. The van der Waals surface area contributed by atoms with Crippen molar-refractivity contribution in [3.8, 4) is 16.9 Å². The number of hydrogen-bond donors (Lipinski definition) is 2. The molecular formula is C35H35ClF3N3O4S. The Morgan fingerprint density at radius 3 is 2.19 bits per heavy atom. The number of carbonyl (C=O) groups is 1. The molecule has 1 heterocycles. The predicted octanol–water partition coefficient (Wildman–Crippen LogP) is 6.90. The van der Waals surface area contributed by atoms with Crippen LogP contribution in [0.25, 0.3) is 21.9 Å². The van der Waals surface area contributed by atoms with Crippen LogP contribution in [0.15, 0.2) is 83.8 Å². The molecule has 6 rings (SSSR count). The number of amides is 1. The third-order valence-corrected chi connectivity index (χ3v) is 10.4. The highest BCUT2D eigenvalue weighted by Crippen LogP contribution is 2.48. The number of fused-ring (bicyclic) bond motifs is 1. The first-order valence-electron chi connectivity index (χ1n) is 15.5. The van der Waals surface area contributed by atoms with Gasteiger partial charge in [-0.05, 0) is 89.9 Å². The first kappa shape index (κ1) is 33.3. The Morgan fingerprint density at radius 2 is 1.57 bits per heavy atom. The van der Waals surface area contributed by atoms with Crippen LogP contribution < -0.4 is 15.6 Å². The number of sulfonamides is 1. The highest BCUT2D eigenvalue weighted by molar-refractivity contribution is 7.89. The molecule has 0 radical (unpaired) electrons. The Labute approximate surface area is 276 Å². The van der Waals surface area contributed by atoms with Crippen LogP contribution in [-0.2, 0) is 20.7 Å². The standard InChI is InChI=1S/C35H35ClF3N3O4S/c36-25-12-7-22(8-13-25)21-5-10-24(11-6-21)35(38,39)33(34(43)42-18-17-30(40)29(37)20-42)32-28-15-14-27(46-26-3-1-2-4-26)19-23(28)9-16-31(32)47(41,44)45/h5-16,19,26,29-30,33H,1-4,17-18,20,40H2,(H2,41,44,45)/t29-,30-,33+/m1/s1. The van der Waals surface area contributed by atoms with Gasteiger partial charge >= 0.3 is 0 Å². The second-order valence-electron chi connectivity index (χ2n) is 12.3. The number of nitrogens with two attached hydrogens (primary N) is 2. The molecule has 1 aliphatic carbocycles. The molecule has 1 amide bonds. The second kappa shape index (κ2) is 13.1. The van der Waals surface area contributed by atoms with Gasteiger partial charge in [0.05, 0.1) is 17.5 Å². The van der Waals surface area contributed by atoms with Crippen molar-refractivity contribution in [3.05, 3.63) is 95.0 Å². The quantitative estimate of drug-likeness (QED) is 0.209. The van der Waals surface area contributed by atoms with E-state index in [2.05, 4.69) is 0 Å². The van der Waals surface area contributed by atoms with E-state index in [0.29, 0.717) is 21.7 Å². The molecule has 0 unspecified atom stereocenters. The van der Waals surface area contributed by atoms with Gasteiger partial charge in [-0.3, -0.25) is 4.79 Å². The van der Waals surface area contributed by atoms with Crippen molar-refractivity contribution in [2.24, 2.45) is 10.9 Å². The van der Waals surface area contributed by atoms with Crippen molar-refractivity contribution in [2.45, 2.75) is 67.2 Å². The van der Waals surface area contributed by atoms with E-state index in [1.807, 2.05) is 0 Å². The van der Waals surface area contributed by atoms with E-state index < -0.39 is 62.6 Å². The van der Waals surface area contributed by atoms with Gasteiger partial charge in [0.1, 0.15) is 17.8 Å². The number of benzene rings is 4. The summed E-state index contributed by atoms with van der Waals surface area (Å²) in [4.78, 5) is 14.7. The normalized spacial score (nSPS) is 20.0. The molecule has 248 valence electrons. The highest BCUT2D eigenvalue weighted by atomic mass is 35.5. The number of primary sulfonamides is 1. The van der Waals surface area contributed by atoms with Gasteiger partial charge in [-0.1, -0.05) is 60.1 Å². The Kier molecular flexibility index (Phi) is 9.28. The Hall–Kier alpha value is -3.64. The van der Waals surface area contributed by atoms with Crippen molar-refractivity contribution < 1.29 is 31.1 Å². The molecule has 2 aliphatic rings. The van der Waals surface area contributed by atoms with E-state index >= 15 is 8.78 Å². The lowest BCUT2D eigenvalue weighted by Crippen LogP contribution is -2.53. The van der Waals surface area contributed by atoms with Crippen molar-refractivity contribution in [2.75, 3.05) is 13.1 Å². The van der Waals surface area contributed by atoms with Crippen LogP contribution in [0, 0.1) is 0 Å². The first-order chi connectivity index (χ1) is 22.3. The number of hydrogen-bond acceptors (Lipinski definition) is 5. The minimum Gasteiger partial charge on any atom is -0.490 e. The number of nitrogens with zero attached hydrogens (tertiary/aromatic N) is 1. The molecule has 1 aliphatic heterocycles. The van der Waals surface area contributed by atoms with Crippen molar-refractivity contribution >= 4 is 38.3 Å². The average Bonchev–Trinajstić information content (AvgIpc) is 3.55. The number of halogens is 4. The van der Waals surface area contributed by atoms with Crippen molar-refractivity contribution in [1.82, 2.24) is 4.90 Å². The van der Waals surface area contributed by atoms with Gasteiger partial charge in [0.15, 0.2) is 0 Å². The van der Waals surface area contributed by atoms with Gasteiger partial charge in [0, 0.05) is 23.2 Å². The minimum atomic E-state index is -4.61. The largest absolute Gasteiger partial charge is 0.490 e. The summed E-state index contributed by atoms with van der Waals surface area (Å²) in [6.07, 6.45) is 2.30. The molecule has 47 heavy (non-hydrogen) atoms. The highest BCUT2D eigenvalue weighted by Gasteiger charge is 2.51. The van der Waals surface area contributed by atoms with Crippen LogP contribution in [-0.4, -0.2) is 50.6 Å². The van der Waals surface area contributed by atoms with Gasteiger partial charge in [-0.2, -0.15) is 0 Å². The lowest BCUT2D eigenvalue weighted by molar-refractivity contribution is -0.146. The molecule has 7 nitrogen and oxygen atoms in total. The van der Waals surface area contributed by atoms with Gasteiger partial charge < -0.3 is 15.4 Å². The maximum absolute atomic E-state index is 17.1. The van der Waals surface area contributed by atoms with Crippen LogP contribution in [0.1, 0.15) is 49.1 Å². The SMILES string of the molecule is N[C@@H]1CCN(C(=O)[C@H](c2c(S(N)(=O)=O)ccc3cc(OC4CCCC4)ccc23)C(F)(F)c2ccc(-c3ccc(Cl)cc3)cc2)C[C@H]1F. The summed E-state index contributed by atoms with van der Waals surface area (Å²) >= 11 is 6.00. The topological polar surface area (TPSA) is 116 Å². The van der Waals surface area contributed by atoms with Gasteiger partial charge in [-0.25, -0.2) is 26.7 Å². The lowest BCUT2D eigenvalue weighted by atomic mass is 9.83. The van der Waals surface area contributed by atoms with E-state index in [-0.39, 0.29) is 24.5 Å². The summed E-state index contributed by atoms with van der Waals surface area (Å²) < 4.78 is 81.0. The zero-order valence-corrected chi connectivity index (χ0v) is 27.0. The number of carbonyl (C=O) groups excluding carboxylic acids is 1. The monoisotopic (exact) mass is 685 g/mol. The fourth-order valence-corrected chi connectivity index (χ4v) is 7.51. The van der Waals surface area contributed by atoms with Crippen LogP contribution in [0.3, 0.4) is 0 Å². The number of likely N-dealkylation sites (tertiary alicyclic amines) is 1. The van der Waals surface area contributed by atoms with Gasteiger partial charge in [0.25, 0.3) is 5.92 Å². The number of ether oxygens (including phenoxy) is 1. The van der Waals surface area contributed by atoms with E-state index in [0.717, 1.165) is 42.2 Å². The van der Waals surface area contributed by atoms with Crippen LogP contribution in [0.5, 0.6) is 5.75 Å². The molecule has 4 aromatic carbocycles. The fraction of sp³-hybridized carbons (Fsp3) is 0.343. The maximum Gasteiger partial charge on any atom is 0.288 e. The summed E-state index contributed by atoms with van der Waals surface area (Å²) in [6.45, 7) is -0.575. The third-order valence-electron chi connectivity index (χ3n) is 9.15. The van der Waals surface area contributed by atoms with Gasteiger partial charge in [-0.15, -0.1) is 0 Å². The summed E-state index contributed by atoms with van der Waals surface area (Å²) in [7, 11) is -4.61. The van der Waals surface area contributed by atoms with Crippen LogP contribution in [0.4, 0.5) is 13.2 Å². The molecule has 3 atom stereocenters. The predicted molar refractivity (Wildman–Crippen MR) is 176 cm³/mol. The molecule has 1 saturated carbocycles. The molecule has 12 heteroatoms. The average molecular weight is 686 g/mol. The van der Waals surface area contributed by atoms with Crippen LogP contribution >= 0.6 is 11.6 Å². The summed E-state index contributed by atoms with van der Waals surface area (Å²) in [6, 6.07) is 18.7. The van der Waals surface area contributed by atoms with E-state index in [9.17, 15) is 17.6 Å². The zero-order valence-electron chi connectivity index (χ0n) is 25.4. The van der Waals surface area contributed by atoms with E-state index in [4.69, 9.17) is 27.2 Å². The molecule has 4 N–H and O–H groups in total. The molecular weight excluding hydrogens is 651 g/mol. The Bertz CT molecular complexity index is 1890. The number of alkyl halides is 3. The summed E-state index contributed by atoms with van der Waals surface area (Å²) in [5, 5.41) is 6.61. The Balaban J connectivity index is 1.50. The van der Waals surface area contributed by atoms with E-state index in [1.165, 1.54) is 36.4 Å². The van der Waals surface area contributed by atoms with Gasteiger partial charge in [0.2, 0.25) is 15.9 Å². The maximum atomic E-state index is 17.1. The smallest absolute Gasteiger partial charge is 0.288 e. The lowest BCUT2D eigenvalue weighted by Gasteiger charge is -2.37. The minimum absolute atomic E-state index is 0.0178. The molecule has 0 spiro atoms. The number of piperidine rings is 1. The summed E-state index contributed by atoms with van der Waals surface area (Å²) in [5.41, 5.74) is 6.20. The molecule has 0 bridgehead atoms.